The lowest BCUT2D eigenvalue weighted by atomic mass is 10.00. The van der Waals surface area contributed by atoms with E-state index in [1.165, 1.54) is 17.1 Å². The minimum Gasteiger partial charge on any atom is -0.470 e. The van der Waals surface area contributed by atoms with Gasteiger partial charge in [0.25, 0.3) is 15.9 Å². The van der Waals surface area contributed by atoms with Crippen molar-refractivity contribution < 1.29 is 22.5 Å². The number of aromatic nitrogens is 5. The van der Waals surface area contributed by atoms with E-state index in [-0.39, 0.29) is 34.4 Å². The molecule has 0 radical (unpaired) electrons. The van der Waals surface area contributed by atoms with E-state index in [1.807, 2.05) is 32.0 Å². The van der Waals surface area contributed by atoms with E-state index >= 15 is 0 Å². The summed E-state index contributed by atoms with van der Waals surface area (Å²) in [4.78, 5) is 23.3. The SMILES string of the molecule is Cc1cccc(C)c1-c1cc(OC2CN(C(=O)c3cc(CC(C)C)on3)C2)nc(NS(=O)(=O)c2cnn(C)c2)n1. The molecule has 3 aromatic heterocycles. The normalized spacial score (nSPS) is 13.9. The zero-order valence-electron chi connectivity index (χ0n) is 23.0. The molecule has 1 aliphatic rings. The lowest BCUT2D eigenvalue weighted by molar-refractivity contribution is 0.0153. The van der Waals surface area contributed by atoms with Crippen LogP contribution in [0.4, 0.5) is 5.95 Å². The van der Waals surface area contributed by atoms with Crippen LogP contribution in [0.2, 0.25) is 0 Å². The summed E-state index contributed by atoms with van der Waals surface area (Å²) in [6, 6.07) is 9.21. The number of nitrogens with zero attached hydrogens (tertiary/aromatic N) is 6. The monoisotopic (exact) mass is 565 g/mol. The molecule has 0 unspecified atom stereocenters. The van der Waals surface area contributed by atoms with Crippen LogP contribution < -0.4 is 9.46 Å². The van der Waals surface area contributed by atoms with Gasteiger partial charge in [0, 0.05) is 37.4 Å². The molecule has 1 amide bonds. The highest BCUT2D eigenvalue weighted by Gasteiger charge is 2.35. The first-order valence-electron chi connectivity index (χ1n) is 12.9. The van der Waals surface area contributed by atoms with Crippen LogP contribution in [0.15, 0.2) is 52.1 Å². The molecule has 5 rings (SSSR count). The van der Waals surface area contributed by atoms with Crippen LogP contribution in [-0.4, -0.2) is 63.3 Å². The first-order chi connectivity index (χ1) is 19.0. The number of aryl methyl sites for hydroxylation is 3. The molecule has 0 spiro atoms. The summed E-state index contributed by atoms with van der Waals surface area (Å²) >= 11 is 0. The topological polar surface area (TPSA) is 145 Å². The van der Waals surface area contributed by atoms with E-state index in [9.17, 15) is 13.2 Å². The van der Waals surface area contributed by atoms with E-state index < -0.39 is 10.0 Å². The van der Waals surface area contributed by atoms with Crippen molar-refractivity contribution in [2.75, 3.05) is 17.8 Å². The largest absolute Gasteiger partial charge is 0.470 e. The number of hydrogen-bond acceptors (Lipinski definition) is 9. The van der Waals surface area contributed by atoms with Crippen LogP contribution in [0, 0.1) is 19.8 Å². The smallest absolute Gasteiger partial charge is 0.276 e. The van der Waals surface area contributed by atoms with Crippen molar-refractivity contribution in [3.63, 3.8) is 0 Å². The van der Waals surface area contributed by atoms with Gasteiger partial charge in [-0.1, -0.05) is 37.2 Å². The van der Waals surface area contributed by atoms with Crippen molar-refractivity contribution in [3.05, 3.63) is 65.3 Å². The van der Waals surface area contributed by atoms with Crippen molar-refractivity contribution in [1.82, 2.24) is 29.8 Å². The van der Waals surface area contributed by atoms with Gasteiger partial charge in [0.05, 0.1) is 25.0 Å². The van der Waals surface area contributed by atoms with Gasteiger partial charge < -0.3 is 14.2 Å². The highest BCUT2D eigenvalue weighted by molar-refractivity contribution is 7.92. The second-order valence-corrected chi connectivity index (χ2v) is 12.0. The molecule has 1 aromatic carbocycles. The zero-order valence-corrected chi connectivity index (χ0v) is 23.8. The quantitative estimate of drug-likeness (QED) is 0.323. The molecule has 13 heteroatoms. The summed E-state index contributed by atoms with van der Waals surface area (Å²) < 4.78 is 41.2. The van der Waals surface area contributed by atoms with Crippen LogP contribution in [0.5, 0.6) is 5.88 Å². The number of likely N-dealkylation sites (tertiary alicyclic amines) is 1. The predicted molar refractivity (Wildman–Crippen MR) is 146 cm³/mol. The van der Waals surface area contributed by atoms with Crippen LogP contribution in [-0.2, 0) is 23.5 Å². The number of carbonyl (C=O) groups excluding carboxylic acids is 1. The number of benzene rings is 1. The number of anilines is 1. The summed E-state index contributed by atoms with van der Waals surface area (Å²) in [6.07, 6.45) is 3.00. The highest BCUT2D eigenvalue weighted by atomic mass is 32.2. The molecule has 1 N–H and O–H groups in total. The summed E-state index contributed by atoms with van der Waals surface area (Å²) in [6.45, 7) is 8.69. The molecule has 12 nitrogen and oxygen atoms in total. The summed E-state index contributed by atoms with van der Waals surface area (Å²) in [5, 5.41) is 7.85. The van der Waals surface area contributed by atoms with Crippen molar-refractivity contribution in [3.8, 4) is 17.1 Å². The predicted octanol–water partition coefficient (Wildman–Crippen LogP) is 3.38. The summed E-state index contributed by atoms with van der Waals surface area (Å²) in [7, 11) is -2.36. The van der Waals surface area contributed by atoms with Crippen LogP contribution >= 0.6 is 0 Å². The van der Waals surface area contributed by atoms with E-state index in [1.54, 1.807) is 24.1 Å². The fourth-order valence-corrected chi connectivity index (χ4v) is 5.44. The van der Waals surface area contributed by atoms with Gasteiger partial charge in [-0.3, -0.25) is 9.48 Å². The molecule has 0 atom stereocenters. The van der Waals surface area contributed by atoms with Crippen LogP contribution in [0.1, 0.15) is 41.2 Å². The molecule has 1 saturated heterocycles. The first-order valence-corrected chi connectivity index (χ1v) is 14.4. The maximum absolute atomic E-state index is 13.0. The average Bonchev–Trinajstić information content (AvgIpc) is 3.49. The lowest BCUT2D eigenvalue weighted by Gasteiger charge is -2.38. The molecular weight excluding hydrogens is 534 g/mol. The Morgan fingerprint density at radius 1 is 1.18 bits per heavy atom. The Morgan fingerprint density at radius 2 is 1.90 bits per heavy atom. The third kappa shape index (κ3) is 5.83. The second kappa shape index (κ2) is 10.7. The Hall–Kier alpha value is -4.26. The van der Waals surface area contributed by atoms with Crippen molar-refractivity contribution in [1.29, 1.82) is 0 Å². The Morgan fingerprint density at radius 3 is 2.55 bits per heavy atom. The maximum Gasteiger partial charge on any atom is 0.276 e. The molecule has 0 aliphatic carbocycles. The van der Waals surface area contributed by atoms with Crippen molar-refractivity contribution in [2.24, 2.45) is 13.0 Å². The minimum absolute atomic E-state index is 0.0175. The Balaban J connectivity index is 1.36. The van der Waals surface area contributed by atoms with Gasteiger partial charge in [-0.15, -0.1) is 0 Å². The van der Waals surface area contributed by atoms with Gasteiger partial charge in [-0.25, -0.2) is 18.1 Å². The number of hydrogen-bond donors (Lipinski definition) is 1. The number of rotatable bonds is 9. The molecule has 4 heterocycles. The molecule has 1 fully saturated rings. The van der Waals surface area contributed by atoms with Gasteiger partial charge in [-0.2, -0.15) is 10.1 Å². The van der Waals surface area contributed by atoms with Gasteiger partial charge >= 0.3 is 0 Å². The Bertz CT molecular complexity index is 1630. The summed E-state index contributed by atoms with van der Waals surface area (Å²) in [5.74, 6) is 0.883. The number of ether oxygens (including phenoxy) is 1. The number of amides is 1. The van der Waals surface area contributed by atoms with Crippen LogP contribution in [0.3, 0.4) is 0 Å². The highest BCUT2D eigenvalue weighted by Crippen LogP contribution is 2.30. The average molecular weight is 566 g/mol. The standard InChI is InChI=1S/C27H31N7O5S/c1-16(2)9-19-10-23(31-39-19)26(35)34-13-20(14-34)38-24-11-22(25-17(3)7-6-8-18(25)4)29-27(30-24)32-40(36,37)21-12-28-33(5)15-21/h6-8,10-12,15-16,20H,9,13-14H2,1-5H3,(H,29,30,32). The number of carbonyl (C=O) groups is 1. The molecule has 40 heavy (non-hydrogen) atoms. The minimum atomic E-state index is -3.99. The Kier molecular flexibility index (Phi) is 7.32. The van der Waals surface area contributed by atoms with Crippen molar-refractivity contribution in [2.45, 2.75) is 45.1 Å². The van der Waals surface area contributed by atoms with E-state index in [4.69, 9.17) is 9.26 Å². The molecule has 4 aromatic rings. The Labute approximate surface area is 232 Å². The third-order valence-electron chi connectivity index (χ3n) is 6.47. The lowest BCUT2D eigenvalue weighted by Crippen LogP contribution is -2.56. The molecule has 0 bridgehead atoms. The molecule has 210 valence electrons. The number of nitrogens with one attached hydrogen (secondary N) is 1. The van der Waals surface area contributed by atoms with Gasteiger partial charge in [0.1, 0.15) is 16.8 Å². The van der Waals surface area contributed by atoms with Gasteiger partial charge in [-0.05, 0) is 30.9 Å². The third-order valence-corrected chi connectivity index (χ3v) is 7.75. The van der Waals surface area contributed by atoms with E-state index in [2.05, 4.69) is 38.8 Å². The molecule has 0 saturated carbocycles. The van der Waals surface area contributed by atoms with Gasteiger partial charge in [0.2, 0.25) is 11.8 Å². The summed E-state index contributed by atoms with van der Waals surface area (Å²) in [5.41, 5.74) is 3.56. The fourth-order valence-electron chi connectivity index (χ4n) is 4.52. The van der Waals surface area contributed by atoms with Gasteiger partial charge in [0.15, 0.2) is 5.69 Å². The molecule has 1 aliphatic heterocycles. The van der Waals surface area contributed by atoms with E-state index in [0.29, 0.717) is 36.9 Å². The second-order valence-electron chi connectivity index (χ2n) is 10.4. The first kappa shape index (κ1) is 27.3. The molecular formula is C27H31N7O5S. The van der Waals surface area contributed by atoms with Crippen molar-refractivity contribution >= 4 is 21.9 Å². The van der Waals surface area contributed by atoms with E-state index in [0.717, 1.165) is 16.7 Å². The number of sulfonamides is 1. The fraction of sp³-hybridized carbons (Fsp3) is 0.370. The van der Waals surface area contributed by atoms with Crippen LogP contribution in [0.25, 0.3) is 11.3 Å². The zero-order chi connectivity index (χ0) is 28.6. The maximum atomic E-state index is 13.0.